The molecular formula is C39H45N3O7. The summed E-state index contributed by atoms with van der Waals surface area (Å²) in [5.74, 6) is -0.135. The van der Waals surface area contributed by atoms with Crippen LogP contribution in [0.25, 0.3) is 0 Å². The summed E-state index contributed by atoms with van der Waals surface area (Å²) in [5, 5.41) is 36.0. The standard InChI is InChI=1S/C39H45N3O7/c1-25-36(23-42(3)22-35(46)30-11-8-14-33(45)21-30)48-38(49-37(25)29-17-15-28(24-43)16-18-29)31-12-7-13-32(20-31)40-39(47)41-34(26(2)44)19-27-9-5-4-6-10-27/h4-18,20-21,25,34-38,43,45-46H,19,22-24H2,1-3H3,(H2,40,41,47)/t25-,34+,35+,36+,37+,38?/m0/s1. The maximum atomic E-state index is 13.0. The Hall–Kier alpha value is -4.58. The molecule has 0 saturated carbocycles. The van der Waals surface area contributed by atoms with Gasteiger partial charge in [-0.15, -0.1) is 0 Å². The van der Waals surface area contributed by atoms with E-state index in [0.717, 1.165) is 16.7 Å². The lowest BCUT2D eigenvalue weighted by atomic mass is 9.90. The Labute approximate surface area is 287 Å². The Bertz CT molecular complexity index is 1680. The molecule has 10 heteroatoms. The van der Waals surface area contributed by atoms with Gasteiger partial charge in [0.25, 0.3) is 0 Å². The second-order valence-corrected chi connectivity index (χ2v) is 12.7. The Balaban J connectivity index is 1.31. The predicted octanol–water partition coefficient (Wildman–Crippen LogP) is 5.66. The van der Waals surface area contributed by atoms with Crippen LogP contribution < -0.4 is 10.6 Å². The molecule has 4 aromatic rings. The zero-order valence-electron chi connectivity index (χ0n) is 28.0. The maximum absolute atomic E-state index is 13.0. The highest BCUT2D eigenvalue weighted by atomic mass is 16.7. The summed E-state index contributed by atoms with van der Waals surface area (Å²) in [4.78, 5) is 27.4. The first kappa shape index (κ1) is 35.7. The topological polar surface area (TPSA) is 141 Å². The monoisotopic (exact) mass is 667 g/mol. The van der Waals surface area contributed by atoms with Crippen molar-refractivity contribution in [3.05, 3.63) is 131 Å². The van der Waals surface area contributed by atoms with Gasteiger partial charge in [-0.2, -0.15) is 0 Å². The summed E-state index contributed by atoms with van der Waals surface area (Å²) in [6.45, 7) is 4.26. The summed E-state index contributed by atoms with van der Waals surface area (Å²) in [6, 6.07) is 29.8. The number of likely N-dealkylation sites (N-methyl/N-ethyl adjacent to an activating group) is 1. The van der Waals surface area contributed by atoms with E-state index in [2.05, 4.69) is 17.6 Å². The van der Waals surface area contributed by atoms with Crippen LogP contribution in [-0.2, 0) is 27.3 Å². The highest BCUT2D eigenvalue weighted by molar-refractivity contribution is 5.93. The SMILES string of the molecule is CC(=O)[C@@H](Cc1ccccc1)NC(=O)Nc1cccc(C2O[C@H](CN(C)C[C@@H](O)c3cccc(O)c3)[C@H](C)[C@H](c3ccc(CO)cc3)O2)c1. The molecule has 10 nitrogen and oxygen atoms in total. The molecule has 0 aromatic heterocycles. The molecule has 1 fully saturated rings. The minimum Gasteiger partial charge on any atom is -0.508 e. The number of ketones is 1. The molecule has 1 aliphatic rings. The first-order chi connectivity index (χ1) is 23.6. The van der Waals surface area contributed by atoms with Gasteiger partial charge in [0.15, 0.2) is 12.1 Å². The van der Waals surface area contributed by atoms with Gasteiger partial charge in [-0.05, 0) is 66.9 Å². The lowest BCUT2D eigenvalue weighted by Gasteiger charge is -2.42. The van der Waals surface area contributed by atoms with Crippen LogP contribution >= 0.6 is 0 Å². The molecule has 49 heavy (non-hydrogen) atoms. The van der Waals surface area contributed by atoms with Crippen molar-refractivity contribution in [1.82, 2.24) is 10.2 Å². The summed E-state index contributed by atoms with van der Waals surface area (Å²) in [6.07, 6.45) is -1.87. The zero-order chi connectivity index (χ0) is 34.9. The van der Waals surface area contributed by atoms with E-state index in [0.29, 0.717) is 36.3 Å². The van der Waals surface area contributed by atoms with Crippen molar-refractivity contribution in [2.45, 2.75) is 57.5 Å². The predicted molar refractivity (Wildman–Crippen MR) is 187 cm³/mol. The summed E-state index contributed by atoms with van der Waals surface area (Å²) >= 11 is 0. The molecule has 0 spiro atoms. The molecule has 0 bridgehead atoms. The van der Waals surface area contributed by atoms with Gasteiger partial charge >= 0.3 is 6.03 Å². The van der Waals surface area contributed by atoms with E-state index in [1.165, 1.54) is 6.92 Å². The molecule has 2 amide bonds. The van der Waals surface area contributed by atoms with E-state index in [-0.39, 0.29) is 36.3 Å². The Kier molecular flexibility index (Phi) is 12.2. The largest absolute Gasteiger partial charge is 0.508 e. The van der Waals surface area contributed by atoms with Crippen molar-refractivity contribution in [1.29, 1.82) is 0 Å². The smallest absolute Gasteiger partial charge is 0.319 e. The van der Waals surface area contributed by atoms with Gasteiger partial charge in [-0.3, -0.25) is 4.79 Å². The number of hydrogen-bond donors (Lipinski definition) is 5. The third-order valence-corrected chi connectivity index (χ3v) is 8.85. The van der Waals surface area contributed by atoms with Crippen LogP contribution in [-0.4, -0.2) is 64.3 Å². The van der Waals surface area contributed by atoms with Crippen molar-refractivity contribution >= 4 is 17.5 Å². The minimum absolute atomic E-state index is 0.0607. The van der Waals surface area contributed by atoms with Crippen molar-refractivity contribution in [2.24, 2.45) is 5.92 Å². The molecule has 1 unspecified atom stereocenters. The molecule has 1 saturated heterocycles. The number of benzene rings is 4. The fourth-order valence-electron chi connectivity index (χ4n) is 6.08. The second-order valence-electron chi connectivity index (χ2n) is 12.7. The fourth-order valence-corrected chi connectivity index (χ4v) is 6.08. The molecule has 0 aliphatic carbocycles. The quantitative estimate of drug-likeness (QED) is 0.123. The van der Waals surface area contributed by atoms with Gasteiger partial charge in [0, 0.05) is 30.3 Å². The number of nitrogens with one attached hydrogen (secondary N) is 2. The minimum atomic E-state index is -0.811. The van der Waals surface area contributed by atoms with Crippen molar-refractivity contribution in [3.8, 4) is 5.75 Å². The third-order valence-electron chi connectivity index (χ3n) is 8.85. The van der Waals surface area contributed by atoms with Crippen LogP contribution in [0.2, 0.25) is 0 Å². The number of carbonyl (C=O) groups is 2. The van der Waals surface area contributed by atoms with Crippen LogP contribution in [0, 0.1) is 5.92 Å². The summed E-state index contributed by atoms with van der Waals surface area (Å²) < 4.78 is 13.2. The number of rotatable bonds is 13. The number of ether oxygens (including phenoxy) is 2. The van der Waals surface area contributed by atoms with Gasteiger partial charge in [-0.25, -0.2) is 4.79 Å². The summed E-state index contributed by atoms with van der Waals surface area (Å²) in [5.41, 5.74) is 4.50. The lowest BCUT2D eigenvalue weighted by molar-refractivity contribution is -0.276. The first-order valence-corrected chi connectivity index (χ1v) is 16.5. The number of nitrogens with zero attached hydrogens (tertiary/aromatic N) is 1. The van der Waals surface area contributed by atoms with Crippen LogP contribution in [0.4, 0.5) is 10.5 Å². The lowest BCUT2D eigenvalue weighted by Crippen LogP contribution is -2.44. The second kappa shape index (κ2) is 16.7. The van der Waals surface area contributed by atoms with Crippen LogP contribution in [0.3, 0.4) is 0 Å². The van der Waals surface area contributed by atoms with Crippen LogP contribution in [0.15, 0.2) is 103 Å². The van der Waals surface area contributed by atoms with Gasteiger partial charge in [-0.1, -0.05) is 85.8 Å². The number of urea groups is 1. The van der Waals surface area contributed by atoms with E-state index in [1.807, 2.05) is 72.6 Å². The normalized spacial score (nSPS) is 20.4. The average Bonchev–Trinajstić information content (AvgIpc) is 3.09. The van der Waals surface area contributed by atoms with Gasteiger partial charge < -0.3 is 40.3 Å². The number of aliphatic hydroxyl groups is 2. The number of aromatic hydroxyl groups is 1. The van der Waals surface area contributed by atoms with E-state index < -0.39 is 24.5 Å². The Morgan fingerprint density at radius 2 is 1.61 bits per heavy atom. The number of carbonyl (C=O) groups excluding carboxylic acids is 2. The maximum Gasteiger partial charge on any atom is 0.319 e. The number of aliphatic hydroxyl groups excluding tert-OH is 2. The third kappa shape index (κ3) is 9.75. The highest BCUT2D eigenvalue weighted by Crippen LogP contribution is 2.42. The van der Waals surface area contributed by atoms with Gasteiger partial charge in [0.05, 0.1) is 31.0 Å². The number of phenols is 1. The number of amides is 2. The first-order valence-electron chi connectivity index (χ1n) is 16.5. The van der Waals surface area contributed by atoms with Gasteiger partial charge in [0.2, 0.25) is 0 Å². The average molecular weight is 668 g/mol. The molecular weight excluding hydrogens is 622 g/mol. The molecule has 6 atom stereocenters. The van der Waals surface area contributed by atoms with Crippen LogP contribution in [0.1, 0.15) is 60.2 Å². The number of Topliss-reactive ketones (excluding diaryl/α,β-unsaturated/α-hetero) is 1. The van der Waals surface area contributed by atoms with Gasteiger partial charge in [0.1, 0.15) is 5.75 Å². The van der Waals surface area contributed by atoms with E-state index in [9.17, 15) is 24.9 Å². The summed E-state index contributed by atoms with van der Waals surface area (Å²) in [7, 11) is 1.91. The molecule has 0 radical (unpaired) electrons. The molecule has 1 aliphatic heterocycles. The fraction of sp³-hybridized carbons (Fsp3) is 0.333. The molecule has 5 rings (SSSR count). The van der Waals surface area contributed by atoms with Crippen molar-refractivity contribution in [2.75, 3.05) is 25.5 Å². The zero-order valence-corrected chi connectivity index (χ0v) is 28.0. The highest BCUT2D eigenvalue weighted by Gasteiger charge is 2.39. The van der Waals surface area contributed by atoms with Crippen molar-refractivity contribution < 1.29 is 34.4 Å². The molecule has 5 N–H and O–H groups in total. The Morgan fingerprint density at radius 3 is 2.31 bits per heavy atom. The molecule has 258 valence electrons. The molecule has 4 aromatic carbocycles. The van der Waals surface area contributed by atoms with E-state index >= 15 is 0 Å². The van der Waals surface area contributed by atoms with E-state index in [1.54, 1.807) is 42.5 Å². The molecule has 1 heterocycles. The Morgan fingerprint density at radius 1 is 0.878 bits per heavy atom. The van der Waals surface area contributed by atoms with Crippen molar-refractivity contribution in [3.63, 3.8) is 0 Å². The number of hydrogen-bond acceptors (Lipinski definition) is 8. The van der Waals surface area contributed by atoms with Crippen LogP contribution in [0.5, 0.6) is 5.75 Å². The number of phenolic OH excluding ortho intramolecular Hbond substituents is 1. The number of anilines is 1. The van der Waals surface area contributed by atoms with E-state index in [4.69, 9.17) is 9.47 Å².